The van der Waals surface area contributed by atoms with Crippen LogP contribution in [0.15, 0.2) is 164 Å². The fraction of sp³-hybridized carbons (Fsp3) is 0.333. The molecule has 5 aliphatic carbocycles. The number of aromatic nitrogens is 1. The first kappa shape index (κ1) is 44.7. The summed E-state index contributed by atoms with van der Waals surface area (Å²) in [6, 6.07) is 65.3. The number of nitrogens with zero attached hydrogens (tertiary/aromatic N) is 2. The standard InChI is InChI=1S/C72H69BN2/c1-69(2)59-25-11-12-26-60(59)70(3,4)62-43-65-56(42-61(62)69)57-37-51(49-23-9-6-10-24-49)38-66-67(57)73(75(65)54-30-27-50(28-31-54)48-21-7-5-8-22-48)63-41-53(72-35-15-19-47(45-72)20-16-36-72)40-58-55-39-52(29-32-64(55)74(66)68(58)63)71-33-13-17-46(44-71)18-14-34-71/h5-12,21-32,37-43,46-47H,13-20,33-36,44-45H2,1-4H3. The van der Waals surface area contributed by atoms with Crippen LogP contribution in [0.2, 0.25) is 0 Å². The number of rotatable bonds is 5. The van der Waals surface area contributed by atoms with Gasteiger partial charge in [-0.1, -0.05) is 188 Å². The maximum atomic E-state index is 2.83. The van der Waals surface area contributed by atoms with Crippen LogP contribution in [0.1, 0.15) is 151 Å². The van der Waals surface area contributed by atoms with Crippen LogP contribution in [-0.2, 0) is 21.7 Å². The quantitative estimate of drug-likeness (QED) is 0.156. The Kier molecular flexibility index (Phi) is 9.53. The van der Waals surface area contributed by atoms with Crippen LogP contribution in [0.5, 0.6) is 0 Å². The van der Waals surface area contributed by atoms with E-state index in [2.05, 4.69) is 201 Å². The molecule has 0 unspecified atom stereocenters. The number of hydrogen-bond donors (Lipinski definition) is 0. The van der Waals surface area contributed by atoms with Crippen molar-refractivity contribution in [2.24, 2.45) is 11.8 Å². The van der Waals surface area contributed by atoms with E-state index in [1.54, 1.807) is 11.1 Å². The molecule has 3 heteroatoms. The average Bonchev–Trinajstić information content (AvgIpc) is 3.99. The molecule has 4 bridgehead atoms. The lowest BCUT2D eigenvalue weighted by atomic mass is 9.43. The first-order valence-electron chi connectivity index (χ1n) is 29.2. The highest BCUT2D eigenvalue weighted by molar-refractivity contribution is 6.93. The summed E-state index contributed by atoms with van der Waals surface area (Å²) in [6.07, 6.45) is 19.1. The maximum absolute atomic E-state index is 2.83. The molecule has 0 saturated heterocycles. The summed E-state index contributed by atoms with van der Waals surface area (Å²) in [5, 5.41) is 2.95. The van der Waals surface area contributed by atoms with Gasteiger partial charge < -0.3 is 9.38 Å². The van der Waals surface area contributed by atoms with Crippen molar-refractivity contribution in [3.8, 4) is 39.1 Å². The second-order valence-electron chi connectivity index (χ2n) is 26.0. The molecule has 2 aliphatic heterocycles. The van der Waals surface area contributed by atoms with Crippen molar-refractivity contribution in [3.05, 3.63) is 197 Å². The molecule has 4 fully saturated rings. The molecule has 16 rings (SSSR count). The Labute approximate surface area is 445 Å². The summed E-state index contributed by atoms with van der Waals surface area (Å²) in [5.41, 5.74) is 26.5. The van der Waals surface area contributed by atoms with Crippen molar-refractivity contribution in [2.75, 3.05) is 4.81 Å². The topological polar surface area (TPSA) is 8.17 Å². The number of benzene rings is 8. The lowest BCUT2D eigenvalue weighted by Crippen LogP contribution is -2.61. The number of fused-ring (bicyclic) bond motifs is 13. The fourth-order valence-corrected chi connectivity index (χ4v) is 17.8. The first-order valence-corrected chi connectivity index (χ1v) is 29.2. The molecule has 75 heavy (non-hydrogen) atoms. The SMILES string of the molecule is CC1(C)c2ccccc2C(C)(C)c2cc3c(cc21)-c1cc(-c2ccccc2)cc2c1B(c1cc(C45CCCC(CCC4)C5)cc4c5cc(C67CCCC(CCC6)C7)ccc5n-2c14)N3c1ccc(-c2ccccc2)cc1. The van der Waals surface area contributed by atoms with E-state index in [1.165, 1.54) is 195 Å². The van der Waals surface area contributed by atoms with Gasteiger partial charge in [0.25, 0.3) is 0 Å². The molecular formula is C72H69BN2. The van der Waals surface area contributed by atoms with E-state index in [0.717, 1.165) is 11.8 Å². The van der Waals surface area contributed by atoms with Gasteiger partial charge in [0.15, 0.2) is 0 Å². The third-order valence-electron chi connectivity index (χ3n) is 21.4. The zero-order valence-corrected chi connectivity index (χ0v) is 44.6. The minimum atomic E-state index is -0.200. The Morgan fingerprint density at radius 3 is 1.61 bits per heavy atom. The van der Waals surface area contributed by atoms with Gasteiger partial charge in [-0.05, 0) is 188 Å². The first-order chi connectivity index (χ1) is 36.6. The summed E-state index contributed by atoms with van der Waals surface area (Å²) < 4.78 is 2.78. The molecular weight excluding hydrogens is 904 g/mol. The van der Waals surface area contributed by atoms with Crippen LogP contribution in [-0.4, -0.2) is 11.4 Å². The Balaban J connectivity index is 1.03. The third kappa shape index (κ3) is 6.34. The lowest BCUT2D eigenvalue weighted by molar-refractivity contribution is 0.149. The van der Waals surface area contributed by atoms with E-state index in [1.807, 2.05) is 0 Å². The minimum absolute atomic E-state index is 0.0471. The highest BCUT2D eigenvalue weighted by Crippen LogP contribution is 2.57. The van der Waals surface area contributed by atoms with Crippen molar-refractivity contribution in [3.63, 3.8) is 0 Å². The predicted molar refractivity (Wildman–Crippen MR) is 316 cm³/mol. The van der Waals surface area contributed by atoms with Crippen molar-refractivity contribution in [2.45, 2.75) is 139 Å². The van der Waals surface area contributed by atoms with E-state index in [4.69, 9.17) is 0 Å². The number of anilines is 2. The zero-order chi connectivity index (χ0) is 50.0. The maximum Gasteiger partial charge on any atom is 0.333 e. The fourth-order valence-electron chi connectivity index (χ4n) is 17.8. The normalized spacial score (nSPS) is 24.3. The Bertz CT molecular complexity index is 3800. The molecule has 1 aromatic heterocycles. The average molecular weight is 973 g/mol. The number of hydrogen-bond acceptors (Lipinski definition) is 1. The summed E-state index contributed by atoms with van der Waals surface area (Å²) in [7, 11) is 0. The molecule has 9 aromatic rings. The Morgan fingerprint density at radius 2 is 0.987 bits per heavy atom. The molecule has 3 heterocycles. The van der Waals surface area contributed by atoms with Gasteiger partial charge in [0.1, 0.15) is 0 Å². The highest BCUT2D eigenvalue weighted by atomic mass is 15.1. The molecule has 8 aromatic carbocycles. The molecule has 0 spiro atoms. The minimum Gasteiger partial charge on any atom is -0.376 e. The summed E-state index contributed by atoms with van der Waals surface area (Å²) >= 11 is 0. The van der Waals surface area contributed by atoms with Crippen molar-refractivity contribution >= 4 is 51.0 Å². The molecule has 370 valence electrons. The van der Waals surface area contributed by atoms with Gasteiger partial charge in [0, 0.05) is 44.2 Å². The molecule has 0 radical (unpaired) electrons. The van der Waals surface area contributed by atoms with E-state index in [0.29, 0.717) is 5.41 Å². The third-order valence-corrected chi connectivity index (χ3v) is 21.4. The van der Waals surface area contributed by atoms with Crippen LogP contribution < -0.4 is 15.7 Å². The lowest BCUT2D eigenvalue weighted by Gasteiger charge is -2.48. The van der Waals surface area contributed by atoms with Crippen LogP contribution >= 0.6 is 0 Å². The van der Waals surface area contributed by atoms with Gasteiger partial charge in [-0.3, -0.25) is 0 Å². The monoisotopic (exact) mass is 973 g/mol. The molecule has 4 saturated carbocycles. The van der Waals surface area contributed by atoms with Crippen LogP contribution in [0.25, 0.3) is 60.9 Å². The van der Waals surface area contributed by atoms with E-state index in [-0.39, 0.29) is 23.1 Å². The second kappa shape index (κ2) is 16.0. The highest BCUT2D eigenvalue weighted by Gasteiger charge is 2.50. The summed E-state index contributed by atoms with van der Waals surface area (Å²) in [5.74, 6) is 1.72. The Morgan fingerprint density at radius 1 is 0.440 bits per heavy atom. The van der Waals surface area contributed by atoms with Crippen LogP contribution in [0.4, 0.5) is 11.4 Å². The summed E-state index contributed by atoms with van der Waals surface area (Å²) in [4.78, 5) is 2.83. The van der Waals surface area contributed by atoms with Gasteiger partial charge in [-0.2, -0.15) is 0 Å². The van der Waals surface area contributed by atoms with E-state index < -0.39 is 0 Å². The Hall–Kier alpha value is -6.58. The van der Waals surface area contributed by atoms with Gasteiger partial charge in [0.05, 0.1) is 11.0 Å². The van der Waals surface area contributed by atoms with Crippen molar-refractivity contribution in [1.29, 1.82) is 0 Å². The van der Waals surface area contributed by atoms with Crippen LogP contribution in [0, 0.1) is 11.8 Å². The van der Waals surface area contributed by atoms with Gasteiger partial charge in [0.2, 0.25) is 0 Å². The second-order valence-corrected chi connectivity index (χ2v) is 26.0. The van der Waals surface area contributed by atoms with Gasteiger partial charge in [-0.25, -0.2) is 0 Å². The molecule has 0 amide bonds. The predicted octanol–water partition coefficient (Wildman–Crippen LogP) is 17.5. The van der Waals surface area contributed by atoms with Gasteiger partial charge >= 0.3 is 6.85 Å². The van der Waals surface area contributed by atoms with Crippen molar-refractivity contribution < 1.29 is 0 Å². The molecule has 7 aliphatic rings. The van der Waals surface area contributed by atoms with E-state index >= 15 is 0 Å². The van der Waals surface area contributed by atoms with Gasteiger partial charge in [-0.15, -0.1) is 0 Å². The largest absolute Gasteiger partial charge is 0.376 e. The zero-order valence-electron chi connectivity index (χ0n) is 44.6. The molecule has 0 N–H and O–H groups in total. The summed E-state index contributed by atoms with van der Waals surface area (Å²) in [6.45, 7) is 9.87. The van der Waals surface area contributed by atoms with E-state index in [9.17, 15) is 0 Å². The molecule has 0 atom stereocenters. The van der Waals surface area contributed by atoms with Crippen LogP contribution in [0.3, 0.4) is 0 Å². The smallest absolute Gasteiger partial charge is 0.333 e. The molecule has 2 nitrogen and oxygen atoms in total. The van der Waals surface area contributed by atoms with Crippen molar-refractivity contribution in [1.82, 2.24) is 4.57 Å².